The van der Waals surface area contributed by atoms with E-state index in [1.807, 2.05) is 0 Å². The number of hydrogen-bond donors (Lipinski definition) is 1. The second-order valence-corrected chi connectivity index (χ2v) is 8.61. The Morgan fingerprint density at radius 1 is 0.871 bits per heavy atom. The molecule has 158 valence electrons. The first kappa shape index (κ1) is 20.4. The van der Waals surface area contributed by atoms with Crippen molar-refractivity contribution in [2.24, 2.45) is 0 Å². The molecule has 0 atom stereocenters. The molecule has 1 aromatic heterocycles. The van der Waals surface area contributed by atoms with E-state index in [4.69, 9.17) is 9.47 Å². The van der Waals surface area contributed by atoms with Gasteiger partial charge in [0.1, 0.15) is 16.4 Å². The van der Waals surface area contributed by atoms with E-state index in [9.17, 15) is 18.5 Å². The van der Waals surface area contributed by atoms with Crippen LogP contribution in [0, 0.1) is 10.1 Å². The average molecular weight is 438 g/mol. The predicted octanol–water partition coefficient (Wildman–Crippen LogP) is 4.59. The zero-order valence-corrected chi connectivity index (χ0v) is 17.5. The topological polar surface area (TPSA) is 112 Å². The highest BCUT2D eigenvalue weighted by Gasteiger charge is 2.28. The summed E-state index contributed by atoms with van der Waals surface area (Å²) in [5.74, 6) is 1.22. The maximum absolute atomic E-state index is 13.6. The first-order valence-electron chi connectivity index (χ1n) is 9.19. The molecule has 0 aliphatic heterocycles. The Hall–Kier alpha value is -3.85. The Bertz CT molecular complexity index is 1370. The van der Waals surface area contributed by atoms with E-state index in [-0.39, 0.29) is 15.5 Å². The molecule has 0 aliphatic carbocycles. The van der Waals surface area contributed by atoms with Crippen LogP contribution in [0.5, 0.6) is 11.5 Å². The summed E-state index contributed by atoms with van der Waals surface area (Å²) in [6.45, 7) is 0. The van der Waals surface area contributed by atoms with Crippen LogP contribution in [0.15, 0.2) is 76.5 Å². The molecule has 0 fully saturated rings. The summed E-state index contributed by atoms with van der Waals surface area (Å²) >= 11 is 0. The molecule has 1 heterocycles. The Kier molecular flexibility index (Phi) is 5.12. The molecular formula is C22H18N2O6S. The fourth-order valence-electron chi connectivity index (χ4n) is 3.38. The molecule has 0 saturated heterocycles. The van der Waals surface area contributed by atoms with E-state index in [1.165, 1.54) is 31.4 Å². The summed E-state index contributed by atoms with van der Waals surface area (Å²) in [6.07, 6.45) is 0. The van der Waals surface area contributed by atoms with Gasteiger partial charge in [-0.15, -0.1) is 0 Å². The highest BCUT2D eigenvalue weighted by atomic mass is 32.2. The van der Waals surface area contributed by atoms with Gasteiger partial charge in [-0.1, -0.05) is 0 Å². The van der Waals surface area contributed by atoms with Crippen LogP contribution in [0.25, 0.3) is 22.2 Å². The first-order valence-corrected chi connectivity index (χ1v) is 10.7. The largest absolute Gasteiger partial charge is 0.497 e. The zero-order valence-electron chi connectivity index (χ0n) is 16.7. The van der Waals surface area contributed by atoms with Crippen LogP contribution in [0.3, 0.4) is 0 Å². The molecule has 3 aromatic carbocycles. The number of hydrogen-bond acceptors (Lipinski definition) is 6. The molecule has 4 rings (SSSR count). The number of ether oxygens (including phenoxy) is 2. The number of nitro groups is 1. The van der Waals surface area contributed by atoms with Crippen LogP contribution in [-0.4, -0.2) is 32.5 Å². The van der Waals surface area contributed by atoms with E-state index in [2.05, 4.69) is 4.98 Å². The zero-order chi connectivity index (χ0) is 22.2. The van der Waals surface area contributed by atoms with Crippen LogP contribution in [0.4, 0.5) is 5.69 Å². The quantitative estimate of drug-likeness (QED) is 0.348. The first-order chi connectivity index (χ1) is 14.8. The van der Waals surface area contributed by atoms with E-state index in [0.717, 1.165) is 0 Å². The fraction of sp³-hybridized carbons (Fsp3) is 0.0909. The van der Waals surface area contributed by atoms with Gasteiger partial charge >= 0.3 is 0 Å². The maximum atomic E-state index is 13.6. The van der Waals surface area contributed by atoms with Crippen molar-refractivity contribution < 1.29 is 22.8 Å². The molecule has 8 nitrogen and oxygen atoms in total. The Morgan fingerprint density at radius 3 is 2.06 bits per heavy atom. The van der Waals surface area contributed by atoms with Gasteiger partial charge in [0.25, 0.3) is 5.69 Å². The number of methoxy groups -OCH3 is 2. The monoisotopic (exact) mass is 438 g/mol. The van der Waals surface area contributed by atoms with Crippen molar-refractivity contribution in [2.75, 3.05) is 14.2 Å². The van der Waals surface area contributed by atoms with Gasteiger partial charge < -0.3 is 14.5 Å². The van der Waals surface area contributed by atoms with Crippen LogP contribution in [-0.2, 0) is 9.84 Å². The number of aromatic nitrogens is 1. The predicted molar refractivity (Wildman–Crippen MR) is 115 cm³/mol. The van der Waals surface area contributed by atoms with E-state index in [1.54, 1.807) is 49.6 Å². The van der Waals surface area contributed by atoms with Gasteiger partial charge in [-0.25, -0.2) is 8.42 Å². The van der Waals surface area contributed by atoms with Crippen LogP contribution in [0.1, 0.15) is 0 Å². The van der Waals surface area contributed by atoms with Gasteiger partial charge in [-0.2, -0.15) is 0 Å². The molecule has 0 bridgehead atoms. The SMILES string of the molecule is COc1ccc(-c2[nH]c3cc(OC)ccc3c2S(=O)(=O)c2ccc([N+](=O)[O-])cc2)cc1. The molecule has 31 heavy (non-hydrogen) atoms. The molecule has 0 unspecified atom stereocenters. The van der Waals surface area contributed by atoms with E-state index in [0.29, 0.717) is 33.7 Å². The van der Waals surface area contributed by atoms with E-state index < -0.39 is 14.8 Å². The van der Waals surface area contributed by atoms with Crippen LogP contribution in [0.2, 0.25) is 0 Å². The molecular weight excluding hydrogens is 420 g/mol. The number of benzene rings is 3. The molecule has 9 heteroatoms. The molecule has 1 N–H and O–H groups in total. The minimum Gasteiger partial charge on any atom is -0.497 e. The Morgan fingerprint density at radius 2 is 1.48 bits per heavy atom. The molecule has 0 saturated carbocycles. The molecule has 0 aliphatic rings. The second kappa shape index (κ2) is 7.77. The van der Waals surface area contributed by atoms with Gasteiger partial charge in [0.15, 0.2) is 0 Å². The number of nitro benzene ring substituents is 1. The highest BCUT2D eigenvalue weighted by molar-refractivity contribution is 7.91. The summed E-state index contributed by atoms with van der Waals surface area (Å²) in [4.78, 5) is 13.6. The third-order valence-corrected chi connectivity index (χ3v) is 6.82. The number of fused-ring (bicyclic) bond motifs is 1. The lowest BCUT2D eigenvalue weighted by Gasteiger charge is -2.08. The van der Waals surface area contributed by atoms with Crippen molar-refractivity contribution in [3.05, 3.63) is 76.8 Å². The average Bonchev–Trinajstić information content (AvgIpc) is 3.18. The number of nitrogens with one attached hydrogen (secondary N) is 1. The van der Waals surface area contributed by atoms with Crippen molar-refractivity contribution in [1.82, 2.24) is 4.98 Å². The minimum absolute atomic E-state index is 0.0374. The third kappa shape index (κ3) is 3.59. The number of nitrogens with zero attached hydrogens (tertiary/aromatic N) is 1. The number of rotatable bonds is 6. The normalized spacial score (nSPS) is 11.4. The molecule has 4 aromatic rings. The van der Waals surface area contributed by atoms with Crippen molar-refractivity contribution in [2.45, 2.75) is 9.79 Å². The van der Waals surface area contributed by atoms with Crippen LogP contribution < -0.4 is 9.47 Å². The summed E-state index contributed by atoms with van der Waals surface area (Å²) in [5.41, 5.74) is 1.46. The summed E-state index contributed by atoms with van der Waals surface area (Å²) in [6, 6.07) is 16.9. The summed E-state index contributed by atoms with van der Waals surface area (Å²) in [5, 5.41) is 11.4. The third-order valence-electron chi connectivity index (χ3n) is 4.96. The number of non-ortho nitro benzene ring substituents is 1. The minimum atomic E-state index is -4.00. The van der Waals surface area contributed by atoms with Gasteiger partial charge in [0, 0.05) is 23.6 Å². The van der Waals surface area contributed by atoms with Gasteiger partial charge in [0.2, 0.25) is 9.84 Å². The Labute approximate surface area is 178 Å². The standard InChI is InChI=1S/C22H18N2O6S/c1-29-16-7-3-14(4-8-16)21-22(19-12-9-17(30-2)13-20(19)23-21)31(27,28)18-10-5-15(6-11-18)24(25)26/h3-13,23H,1-2H3. The van der Waals surface area contributed by atoms with Crippen molar-refractivity contribution in [3.63, 3.8) is 0 Å². The lowest BCUT2D eigenvalue weighted by molar-refractivity contribution is -0.384. The van der Waals surface area contributed by atoms with Crippen molar-refractivity contribution in [1.29, 1.82) is 0 Å². The lowest BCUT2D eigenvalue weighted by Crippen LogP contribution is -2.03. The lowest BCUT2D eigenvalue weighted by atomic mass is 10.1. The van der Waals surface area contributed by atoms with E-state index >= 15 is 0 Å². The van der Waals surface area contributed by atoms with Crippen molar-refractivity contribution >= 4 is 26.4 Å². The van der Waals surface area contributed by atoms with Crippen molar-refractivity contribution in [3.8, 4) is 22.8 Å². The number of H-pyrrole nitrogens is 1. The second-order valence-electron chi connectivity index (χ2n) is 6.72. The molecule has 0 radical (unpaired) electrons. The van der Waals surface area contributed by atoms with Gasteiger partial charge in [-0.3, -0.25) is 10.1 Å². The van der Waals surface area contributed by atoms with Gasteiger partial charge in [0.05, 0.1) is 35.2 Å². The Balaban J connectivity index is 1.96. The highest BCUT2D eigenvalue weighted by Crippen LogP contribution is 2.39. The molecule has 0 amide bonds. The summed E-state index contributed by atoms with van der Waals surface area (Å²) < 4.78 is 37.7. The fourth-order valence-corrected chi connectivity index (χ4v) is 5.02. The van der Waals surface area contributed by atoms with Crippen LogP contribution >= 0.6 is 0 Å². The number of sulfone groups is 1. The number of aromatic amines is 1. The van der Waals surface area contributed by atoms with Gasteiger partial charge in [-0.05, 0) is 54.1 Å². The maximum Gasteiger partial charge on any atom is 0.269 e. The molecule has 0 spiro atoms. The summed E-state index contributed by atoms with van der Waals surface area (Å²) in [7, 11) is -0.924. The smallest absolute Gasteiger partial charge is 0.269 e.